The molecule has 1 aromatic carbocycles. The van der Waals surface area contributed by atoms with Crippen molar-refractivity contribution in [2.75, 3.05) is 18.0 Å². The zero-order valence-electron chi connectivity index (χ0n) is 14.3. The van der Waals surface area contributed by atoms with E-state index in [2.05, 4.69) is 46.2 Å². The van der Waals surface area contributed by atoms with Crippen molar-refractivity contribution >= 4 is 17.3 Å². The van der Waals surface area contributed by atoms with E-state index < -0.39 is 0 Å². The molecular formula is C14H21Cl3N6Zn. The minimum atomic E-state index is 0. The number of nitrogens with zero attached hydrogens (tertiary/aromatic N) is 6. The third kappa shape index (κ3) is 7.43. The second kappa shape index (κ2) is 13.5. The van der Waals surface area contributed by atoms with Gasteiger partial charge in [-0.1, -0.05) is 5.11 Å². The maximum absolute atomic E-state index is 4.21. The molecule has 130 valence electrons. The summed E-state index contributed by atoms with van der Waals surface area (Å²) in [4.78, 5) is 2.29. The van der Waals surface area contributed by atoms with Crippen LogP contribution in [0.1, 0.15) is 13.8 Å². The third-order valence-electron chi connectivity index (χ3n) is 3.14. The second-order valence-electron chi connectivity index (χ2n) is 4.59. The molecule has 1 aromatic heterocycles. The summed E-state index contributed by atoms with van der Waals surface area (Å²) < 4.78 is 3.53. The number of hydrogen-bond acceptors (Lipinski definition) is 4. The molecule has 0 unspecified atom stereocenters. The van der Waals surface area contributed by atoms with Crippen molar-refractivity contribution in [3.8, 4) is 0 Å². The Morgan fingerprint density at radius 2 is 1.58 bits per heavy atom. The van der Waals surface area contributed by atoms with E-state index >= 15 is 0 Å². The first kappa shape index (κ1) is 28.1. The number of aromatic nitrogens is 3. The molecule has 2 rings (SSSR count). The quantitative estimate of drug-likeness (QED) is 0.261. The summed E-state index contributed by atoms with van der Waals surface area (Å²) in [7, 11) is 3.75. The fourth-order valence-corrected chi connectivity index (χ4v) is 2.05. The summed E-state index contributed by atoms with van der Waals surface area (Å²) in [6, 6.07) is 8.08. The average Bonchev–Trinajstić information content (AvgIpc) is 2.77. The van der Waals surface area contributed by atoms with E-state index in [4.69, 9.17) is 0 Å². The van der Waals surface area contributed by atoms with E-state index in [0.717, 1.165) is 18.8 Å². The van der Waals surface area contributed by atoms with Crippen molar-refractivity contribution in [1.29, 1.82) is 0 Å². The molecule has 10 heteroatoms. The van der Waals surface area contributed by atoms with Gasteiger partial charge in [0.25, 0.3) is 0 Å². The van der Waals surface area contributed by atoms with Gasteiger partial charge in [0.15, 0.2) is 6.33 Å². The molecule has 0 N–H and O–H groups in total. The van der Waals surface area contributed by atoms with E-state index in [1.54, 1.807) is 4.68 Å². The van der Waals surface area contributed by atoms with Gasteiger partial charge < -0.3 is 42.1 Å². The van der Waals surface area contributed by atoms with Crippen LogP contribution in [0.25, 0.3) is 0 Å². The number of azo groups is 1. The second-order valence-corrected chi connectivity index (χ2v) is 4.59. The minimum Gasteiger partial charge on any atom is -1.00 e. The minimum absolute atomic E-state index is 0. The summed E-state index contributed by atoms with van der Waals surface area (Å²) in [6.45, 7) is 6.30. The SMILES string of the molecule is CCN(CC)c1ccc(N=Nc2nn(C)c[n+]2C)cc1.[Cl-].[Cl-].[Cl-].[Zn+2]. The van der Waals surface area contributed by atoms with Crippen molar-refractivity contribution in [3.05, 3.63) is 30.6 Å². The molecule has 6 nitrogen and oxygen atoms in total. The Labute approximate surface area is 174 Å². The van der Waals surface area contributed by atoms with E-state index in [1.807, 2.05) is 37.1 Å². The van der Waals surface area contributed by atoms with Gasteiger partial charge in [0.2, 0.25) is 0 Å². The monoisotopic (exact) mass is 442 g/mol. The number of hydrogen-bond donors (Lipinski definition) is 0. The van der Waals surface area contributed by atoms with Gasteiger partial charge in [0, 0.05) is 29.0 Å². The van der Waals surface area contributed by atoms with E-state index in [0.29, 0.717) is 5.95 Å². The Kier molecular flexibility index (Phi) is 15.8. The molecule has 24 heavy (non-hydrogen) atoms. The van der Waals surface area contributed by atoms with Gasteiger partial charge >= 0.3 is 25.4 Å². The number of halogens is 3. The van der Waals surface area contributed by atoms with Crippen LogP contribution < -0.4 is 46.7 Å². The molecule has 0 atom stereocenters. The van der Waals surface area contributed by atoms with Gasteiger partial charge in [-0.05, 0) is 38.1 Å². The number of aryl methyl sites for hydroxylation is 2. The van der Waals surface area contributed by atoms with Gasteiger partial charge in [-0.3, -0.25) is 0 Å². The molecule has 0 spiro atoms. The summed E-state index contributed by atoms with van der Waals surface area (Å²) in [5, 5.41) is 12.6. The third-order valence-corrected chi connectivity index (χ3v) is 3.14. The van der Waals surface area contributed by atoms with Gasteiger partial charge in [0.1, 0.15) is 0 Å². The molecule has 0 radical (unpaired) electrons. The topological polar surface area (TPSA) is 49.7 Å². The molecule has 0 saturated heterocycles. The largest absolute Gasteiger partial charge is 2.00 e. The van der Waals surface area contributed by atoms with Crippen molar-refractivity contribution in [3.63, 3.8) is 0 Å². The van der Waals surface area contributed by atoms with Crippen LogP contribution in [-0.2, 0) is 33.6 Å². The Morgan fingerprint density at radius 1 is 1.04 bits per heavy atom. The van der Waals surface area contributed by atoms with Crippen molar-refractivity contribution in [1.82, 2.24) is 9.78 Å². The van der Waals surface area contributed by atoms with Crippen molar-refractivity contribution < 1.29 is 61.3 Å². The summed E-state index contributed by atoms with van der Waals surface area (Å²) in [5.41, 5.74) is 2.03. The number of rotatable bonds is 5. The smallest absolute Gasteiger partial charge is 1.00 e. The van der Waals surface area contributed by atoms with Crippen LogP contribution in [0.4, 0.5) is 17.3 Å². The van der Waals surface area contributed by atoms with Crippen LogP contribution in [0.2, 0.25) is 0 Å². The zero-order chi connectivity index (χ0) is 14.5. The summed E-state index contributed by atoms with van der Waals surface area (Å²) in [6.07, 6.45) is 1.85. The Hall–Kier alpha value is -0.747. The summed E-state index contributed by atoms with van der Waals surface area (Å²) >= 11 is 0. The van der Waals surface area contributed by atoms with Crippen molar-refractivity contribution in [2.45, 2.75) is 13.8 Å². The summed E-state index contributed by atoms with van der Waals surface area (Å²) in [5.74, 6) is 0.584. The van der Waals surface area contributed by atoms with Gasteiger partial charge in [-0.15, -0.1) is 4.68 Å². The van der Waals surface area contributed by atoms with Gasteiger partial charge in [-0.2, -0.15) is 0 Å². The number of benzene rings is 1. The standard InChI is InChI=1S/C14H21N6.3ClH.Zn/c1-5-20(6-2)13-9-7-12(8-10-13)15-16-14-17-19(4)11-18(14)3;;;;/h7-11H,5-6H2,1-4H3;3*1H;/q+1;;;;+2/p-3. The van der Waals surface area contributed by atoms with Crippen molar-refractivity contribution in [2.24, 2.45) is 24.3 Å². The maximum Gasteiger partial charge on any atom is 2.00 e. The van der Waals surface area contributed by atoms with Gasteiger partial charge in [0.05, 0.1) is 19.8 Å². The molecular weight excluding hydrogens is 424 g/mol. The molecule has 0 aliphatic carbocycles. The van der Waals surface area contributed by atoms with Crippen LogP contribution in [0.3, 0.4) is 0 Å². The fourth-order valence-electron chi connectivity index (χ4n) is 2.05. The van der Waals surface area contributed by atoms with Crippen LogP contribution >= 0.6 is 0 Å². The van der Waals surface area contributed by atoms with Crippen LogP contribution in [-0.4, -0.2) is 22.9 Å². The molecule has 0 fully saturated rings. The first-order valence-electron chi connectivity index (χ1n) is 6.80. The fraction of sp³-hybridized carbons (Fsp3) is 0.429. The maximum atomic E-state index is 4.21. The van der Waals surface area contributed by atoms with E-state index in [9.17, 15) is 0 Å². The Morgan fingerprint density at radius 3 is 2.00 bits per heavy atom. The Balaban J connectivity index is -0.00000110. The molecule has 1 heterocycles. The Bertz CT molecular complexity index is 599. The van der Waals surface area contributed by atoms with Gasteiger partial charge in [-0.25, -0.2) is 4.57 Å². The molecule has 0 amide bonds. The molecule has 0 saturated carbocycles. The van der Waals surface area contributed by atoms with Crippen LogP contribution in [0.5, 0.6) is 0 Å². The first-order chi connectivity index (χ1) is 9.63. The normalized spacial score (nSPS) is 9.33. The molecule has 0 aliphatic heterocycles. The first-order valence-corrected chi connectivity index (χ1v) is 6.80. The average molecular weight is 445 g/mol. The predicted molar refractivity (Wildman–Crippen MR) is 78.6 cm³/mol. The van der Waals surface area contributed by atoms with Crippen LogP contribution in [0.15, 0.2) is 40.8 Å². The number of anilines is 1. The molecule has 0 aliphatic rings. The van der Waals surface area contributed by atoms with E-state index in [-0.39, 0.29) is 56.7 Å². The zero-order valence-corrected chi connectivity index (χ0v) is 19.6. The van der Waals surface area contributed by atoms with Crippen LogP contribution in [0, 0.1) is 0 Å². The predicted octanol–water partition coefficient (Wildman–Crippen LogP) is -6.48. The molecule has 2 aromatic rings. The molecule has 0 bridgehead atoms. The van der Waals surface area contributed by atoms with E-state index in [1.165, 1.54) is 5.69 Å².